The number of rotatable bonds is 6. The molecule has 0 spiro atoms. The molecule has 7 rings (SSSR count). The largest absolute Gasteiger partial charge is 0.507 e. The maximum absolute atomic E-state index is 12.1. The van der Waals surface area contributed by atoms with Crippen LogP contribution in [0.15, 0.2) is 127 Å². The average molecular weight is 1010 g/mol. The topological polar surface area (TPSA) is 53.4 Å². The van der Waals surface area contributed by atoms with E-state index in [1.807, 2.05) is 60.7 Å². The second kappa shape index (κ2) is 18.6. The van der Waals surface area contributed by atoms with Crippen LogP contribution in [0.5, 0.6) is 11.5 Å². The molecule has 0 radical (unpaired) electrons. The van der Waals surface area contributed by atoms with Gasteiger partial charge >= 0.3 is 0 Å². The summed E-state index contributed by atoms with van der Waals surface area (Å²) in [5.41, 5.74) is 14.5. The minimum atomic E-state index is -0.0491. The van der Waals surface area contributed by atoms with E-state index in [0.717, 1.165) is 66.3 Å². The molecule has 2 N–H and O–H groups in total. The minimum absolute atomic E-state index is 0. The fourth-order valence-electron chi connectivity index (χ4n) is 7.65. The summed E-state index contributed by atoms with van der Waals surface area (Å²) in [6, 6.07) is 42.0. The molecule has 5 heteroatoms. The summed E-state index contributed by atoms with van der Waals surface area (Å²) in [6.07, 6.45) is 0. The third-order valence-corrected chi connectivity index (χ3v) is 12.3. The standard InChI is InChI=1S/C55H59NO2S.2CH3.Hf/c1-52(2,3)36-27-34(28-37(31-36)53(4,5)6)40-23-17-25-45(49(40)57)42-19-13-15-21-44(42)48-33-59-51(56-48)47-22-16-14-20-43(47)46-26-18-24-41(50(46)58)35-29-38(54(7,8)9)32-39(30-35)55(10,11)12;;;/h13-33,57-58H,1-12H3;2*1H3;/q;2*-1;. The first kappa shape index (κ1) is 50.1. The van der Waals surface area contributed by atoms with Gasteiger partial charge in [0.1, 0.15) is 16.5 Å². The van der Waals surface area contributed by atoms with Gasteiger partial charge < -0.3 is 25.1 Å². The summed E-state index contributed by atoms with van der Waals surface area (Å²) in [7, 11) is 0. The minimum Gasteiger partial charge on any atom is -0.507 e. The van der Waals surface area contributed by atoms with Crippen LogP contribution in [-0.2, 0) is 47.5 Å². The Kier molecular flexibility index (Phi) is 15.1. The number of phenolic OH excluding ortho intramolecular Hbond substituents is 2. The number of nitrogens with zero attached hydrogens (tertiary/aromatic N) is 1. The molecule has 0 saturated heterocycles. The van der Waals surface area contributed by atoms with Gasteiger partial charge in [-0.15, -0.1) is 11.3 Å². The molecular formula is C57H65HfNO2S-2. The van der Waals surface area contributed by atoms with E-state index in [2.05, 4.69) is 149 Å². The van der Waals surface area contributed by atoms with Crippen molar-refractivity contribution < 1.29 is 36.1 Å². The molecule has 0 unspecified atom stereocenters. The number of benzene rings is 6. The molecule has 7 aromatic rings. The number of aromatic nitrogens is 1. The van der Waals surface area contributed by atoms with Gasteiger partial charge in [-0.2, -0.15) is 0 Å². The van der Waals surface area contributed by atoms with Crippen molar-refractivity contribution in [2.24, 2.45) is 0 Å². The third kappa shape index (κ3) is 10.3. The molecule has 0 aliphatic rings. The zero-order valence-corrected chi connectivity index (χ0v) is 43.8. The van der Waals surface area contributed by atoms with Crippen LogP contribution in [-0.4, -0.2) is 15.2 Å². The molecule has 322 valence electrons. The van der Waals surface area contributed by atoms with E-state index in [9.17, 15) is 10.2 Å². The first-order chi connectivity index (χ1) is 27.6. The van der Waals surface area contributed by atoms with Crippen molar-refractivity contribution >= 4 is 11.3 Å². The average Bonchev–Trinajstić information content (AvgIpc) is 3.67. The maximum Gasteiger partial charge on any atom is 0.131 e. The second-order valence-electron chi connectivity index (χ2n) is 20.1. The van der Waals surface area contributed by atoms with Crippen LogP contribution in [0.25, 0.3) is 66.3 Å². The van der Waals surface area contributed by atoms with Crippen molar-refractivity contribution in [3.05, 3.63) is 164 Å². The van der Waals surface area contributed by atoms with E-state index < -0.39 is 0 Å². The van der Waals surface area contributed by atoms with Crippen LogP contribution in [0, 0.1) is 14.9 Å². The summed E-state index contributed by atoms with van der Waals surface area (Å²) in [5.74, 6) is 0.510. The Morgan fingerprint density at radius 3 is 1.06 bits per heavy atom. The van der Waals surface area contributed by atoms with Gasteiger partial charge in [0.05, 0.1) is 5.69 Å². The van der Waals surface area contributed by atoms with E-state index in [-0.39, 0.29) is 73.9 Å². The molecule has 1 heterocycles. The molecule has 1 aromatic heterocycles. The molecule has 0 atom stereocenters. The van der Waals surface area contributed by atoms with Crippen LogP contribution < -0.4 is 0 Å². The van der Waals surface area contributed by atoms with E-state index in [0.29, 0.717) is 0 Å². The summed E-state index contributed by atoms with van der Waals surface area (Å²) < 4.78 is 0. The second-order valence-corrected chi connectivity index (χ2v) is 21.0. The quantitative estimate of drug-likeness (QED) is 0.129. The number of hydrogen-bond acceptors (Lipinski definition) is 4. The van der Waals surface area contributed by atoms with Crippen molar-refractivity contribution in [1.29, 1.82) is 0 Å². The van der Waals surface area contributed by atoms with Gasteiger partial charge in [0.25, 0.3) is 0 Å². The van der Waals surface area contributed by atoms with Crippen molar-refractivity contribution in [3.63, 3.8) is 0 Å². The molecule has 62 heavy (non-hydrogen) atoms. The number of thiazole rings is 1. The SMILES string of the molecule is CC(C)(C)c1cc(-c2cccc(-c3ccccc3-c3csc(-c4ccccc4-c4cccc(-c5cc(C(C)(C)C)cc(C(C)(C)C)c5)c4O)n3)c2O)cc(C(C)(C)C)c1.[CH3-].[CH3-].[Hf]. The number of hydrogen-bond donors (Lipinski definition) is 2. The van der Waals surface area contributed by atoms with E-state index >= 15 is 0 Å². The Hall–Kier alpha value is -4.58. The fourth-order valence-corrected chi connectivity index (χ4v) is 8.51. The predicted octanol–water partition coefficient (Wildman–Crippen LogP) is 16.6. The molecular weight excluding hydrogens is 941 g/mol. The molecule has 0 aliphatic carbocycles. The normalized spacial score (nSPS) is 11.9. The number of para-hydroxylation sites is 2. The van der Waals surface area contributed by atoms with Gasteiger partial charge in [0.2, 0.25) is 0 Å². The van der Waals surface area contributed by atoms with E-state index in [1.165, 1.54) is 22.3 Å². The molecule has 0 fully saturated rings. The number of aromatic hydroxyl groups is 2. The van der Waals surface area contributed by atoms with Crippen molar-refractivity contribution in [2.75, 3.05) is 0 Å². The van der Waals surface area contributed by atoms with Crippen molar-refractivity contribution in [1.82, 2.24) is 4.98 Å². The summed E-state index contributed by atoms with van der Waals surface area (Å²) >= 11 is 1.58. The van der Waals surface area contributed by atoms with Gasteiger partial charge in [0, 0.05) is 64.6 Å². The van der Waals surface area contributed by atoms with Crippen LogP contribution in [0.3, 0.4) is 0 Å². The first-order valence-corrected chi connectivity index (χ1v) is 21.6. The van der Waals surface area contributed by atoms with Crippen LogP contribution in [0.1, 0.15) is 105 Å². The molecule has 0 amide bonds. The van der Waals surface area contributed by atoms with E-state index in [4.69, 9.17) is 4.98 Å². The Morgan fingerprint density at radius 2 is 0.694 bits per heavy atom. The van der Waals surface area contributed by atoms with E-state index in [1.54, 1.807) is 11.3 Å². The fraction of sp³-hybridized carbons (Fsp3) is 0.281. The summed E-state index contributed by atoms with van der Waals surface area (Å²) in [4.78, 5) is 5.25. The molecule has 0 bridgehead atoms. The predicted molar refractivity (Wildman–Crippen MR) is 266 cm³/mol. The monoisotopic (exact) mass is 1010 g/mol. The molecule has 3 nitrogen and oxygen atoms in total. The molecule has 6 aromatic carbocycles. The Bertz CT molecular complexity index is 2430. The summed E-state index contributed by atoms with van der Waals surface area (Å²) in [5, 5.41) is 27.1. The first-order valence-electron chi connectivity index (χ1n) is 20.7. The van der Waals surface area contributed by atoms with Gasteiger partial charge in [-0.25, -0.2) is 4.98 Å². The third-order valence-electron chi connectivity index (χ3n) is 11.5. The maximum atomic E-state index is 12.1. The van der Waals surface area contributed by atoms with Crippen molar-refractivity contribution in [3.8, 4) is 77.8 Å². The van der Waals surface area contributed by atoms with Crippen LogP contribution in [0.4, 0.5) is 0 Å². The Labute approximate surface area is 396 Å². The number of phenols is 2. The summed E-state index contributed by atoms with van der Waals surface area (Å²) in [6.45, 7) is 26.8. The van der Waals surface area contributed by atoms with Crippen molar-refractivity contribution in [2.45, 2.75) is 105 Å². The Morgan fingerprint density at radius 1 is 0.387 bits per heavy atom. The zero-order valence-electron chi connectivity index (χ0n) is 39.4. The Balaban J connectivity index is 0.00000282. The van der Waals surface area contributed by atoms with Crippen LogP contribution >= 0.6 is 11.3 Å². The van der Waals surface area contributed by atoms with Gasteiger partial charge in [0.15, 0.2) is 0 Å². The smallest absolute Gasteiger partial charge is 0.131 e. The van der Waals surface area contributed by atoms with Gasteiger partial charge in [-0.05, 0) is 66.2 Å². The van der Waals surface area contributed by atoms with Crippen LogP contribution in [0.2, 0.25) is 0 Å². The molecule has 0 aliphatic heterocycles. The van der Waals surface area contributed by atoms with Gasteiger partial charge in [-0.3, -0.25) is 0 Å². The van der Waals surface area contributed by atoms with Gasteiger partial charge in [-0.1, -0.05) is 204 Å². The molecule has 0 saturated carbocycles. The zero-order chi connectivity index (χ0) is 42.7.